The number of unbranched alkanes of at least 4 members (excludes halogenated alkanes) is 1. The van der Waals surface area contributed by atoms with E-state index in [1.54, 1.807) is 0 Å². The lowest BCUT2D eigenvalue weighted by molar-refractivity contribution is 0.312. The number of hydrogen-bond acceptors (Lipinski definition) is 1. The van der Waals surface area contributed by atoms with Gasteiger partial charge in [-0.15, -0.1) is 0 Å². The Balaban J connectivity index is 2.07. The molecule has 0 unspecified atom stereocenters. The molecule has 75 valence electrons. The maximum atomic E-state index is 5.53. The molecule has 0 heterocycles. The second kappa shape index (κ2) is 7.19. The Morgan fingerprint density at radius 3 is 2.79 bits per heavy atom. The van der Waals surface area contributed by atoms with E-state index in [0.29, 0.717) is 0 Å². The van der Waals surface area contributed by atoms with Gasteiger partial charge in [-0.05, 0) is 37.5 Å². The van der Waals surface area contributed by atoms with Gasteiger partial charge in [0.15, 0.2) is 0 Å². The molecule has 0 aromatic heterocycles. The van der Waals surface area contributed by atoms with Crippen LogP contribution in [0.2, 0.25) is 0 Å². The van der Waals surface area contributed by atoms with Crippen LogP contribution in [0.5, 0.6) is 5.75 Å². The predicted molar refractivity (Wildman–Crippen MR) is 59.4 cm³/mol. The van der Waals surface area contributed by atoms with E-state index in [-0.39, 0.29) is 0 Å². The van der Waals surface area contributed by atoms with Crippen molar-refractivity contribution in [2.45, 2.75) is 26.2 Å². The normalized spacial score (nSPS) is 10.6. The molecule has 0 atom stereocenters. The van der Waals surface area contributed by atoms with Gasteiger partial charge in [0.2, 0.25) is 0 Å². The molecule has 0 aliphatic rings. The summed E-state index contributed by atoms with van der Waals surface area (Å²) in [5, 5.41) is 0. The number of ether oxygens (including phenoxy) is 1. The molecule has 1 aromatic rings. The molecule has 1 rings (SSSR count). The average molecular weight is 189 g/mol. The van der Waals surface area contributed by atoms with Gasteiger partial charge in [-0.3, -0.25) is 0 Å². The van der Waals surface area contributed by atoms with Crippen LogP contribution >= 0.6 is 0 Å². The van der Waals surface area contributed by atoms with Crippen LogP contribution < -0.4 is 4.74 Å². The first-order valence-corrected chi connectivity index (χ1v) is 5.17. The summed E-state index contributed by atoms with van der Waals surface area (Å²) in [6.45, 7) is 2.94. The topological polar surface area (TPSA) is 9.23 Å². The Bertz CT molecular complexity index is 251. The maximum absolute atomic E-state index is 5.53. The van der Waals surface area contributed by atoms with Crippen molar-refractivity contribution in [1.82, 2.24) is 0 Å². The van der Waals surface area contributed by atoms with E-state index in [1.165, 1.54) is 0 Å². The van der Waals surface area contributed by atoms with Crippen molar-refractivity contribution in [3.63, 3.8) is 0 Å². The van der Waals surface area contributed by atoms with E-state index in [2.05, 4.69) is 25.1 Å². The molecular weight excluding hydrogens is 172 g/mol. The van der Waals surface area contributed by atoms with Gasteiger partial charge in [-0.2, -0.15) is 0 Å². The van der Waals surface area contributed by atoms with Crippen LogP contribution in [0.25, 0.3) is 0 Å². The molecule has 1 aromatic carbocycles. The molecule has 0 spiro atoms. The molecule has 0 bridgehead atoms. The van der Waals surface area contributed by atoms with Gasteiger partial charge in [-0.25, -0.2) is 0 Å². The highest BCUT2D eigenvalue weighted by Gasteiger charge is 1.89. The molecular formula is C13H17O. The monoisotopic (exact) mass is 189 g/mol. The van der Waals surface area contributed by atoms with Crippen LogP contribution in [0, 0.1) is 6.07 Å². The number of benzene rings is 1. The lowest BCUT2D eigenvalue weighted by Crippen LogP contribution is -1.95. The first kappa shape index (κ1) is 10.8. The van der Waals surface area contributed by atoms with Gasteiger partial charge in [0.1, 0.15) is 5.75 Å². The van der Waals surface area contributed by atoms with E-state index in [4.69, 9.17) is 4.74 Å². The molecule has 14 heavy (non-hydrogen) atoms. The third-order valence-electron chi connectivity index (χ3n) is 1.87. The van der Waals surface area contributed by atoms with E-state index in [9.17, 15) is 0 Å². The molecule has 1 radical (unpaired) electrons. The summed E-state index contributed by atoms with van der Waals surface area (Å²) in [4.78, 5) is 0. The van der Waals surface area contributed by atoms with Crippen LogP contribution in [-0.2, 0) is 0 Å². The Kier molecular flexibility index (Phi) is 5.57. The number of rotatable bonds is 6. The fourth-order valence-electron chi connectivity index (χ4n) is 1.14. The summed E-state index contributed by atoms with van der Waals surface area (Å²) in [5.41, 5.74) is 0. The SMILES string of the molecule is CCC=CCCCOc1cc[c]cc1. The standard InChI is InChI=1S/C13H17O/c1-2-3-4-5-9-12-14-13-10-7-6-8-11-13/h3-4,7-8,10-11H,2,5,9,12H2,1H3. The minimum Gasteiger partial charge on any atom is -0.494 e. The third-order valence-corrected chi connectivity index (χ3v) is 1.87. The molecule has 0 aliphatic carbocycles. The molecule has 0 saturated carbocycles. The van der Waals surface area contributed by atoms with E-state index < -0.39 is 0 Å². The molecule has 0 fully saturated rings. The largest absolute Gasteiger partial charge is 0.494 e. The quantitative estimate of drug-likeness (QED) is 0.490. The van der Waals surface area contributed by atoms with E-state index in [1.807, 2.05) is 24.3 Å². The molecule has 0 N–H and O–H groups in total. The van der Waals surface area contributed by atoms with E-state index >= 15 is 0 Å². The van der Waals surface area contributed by atoms with Crippen LogP contribution in [0.4, 0.5) is 0 Å². The van der Waals surface area contributed by atoms with Crippen LogP contribution in [0.15, 0.2) is 36.4 Å². The summed E-state index contributed by atoms with van der Waals surface area (Å²) >= 11 is 0. The van der Waals surface area contributed by atoms with Gasteiger partial charge >= 0.3 is 0 Å². The number of hydrogen-bond donors (Lipinski definition) is 0. The Morgan fingerprint density at radius 2 is 2.07 bits per heavy atom. The summed E-state index contributed by atoms with van der Waals surface area (Å²) in [6, 6.07) is 10.6. The van der Waals surface area contributed by atoms with Gasteiger partial charge in [-0.1, -0.05) is 31.2 Å². The molecule has 1 nitrogen and oxygen atoms in total. The fraction of sp³-hybridized carbons (Fsp3) is 0.385. The molecule has 0 aliphatic heterocycles. The second-order valence-corrected chi connectivity index (χ2v) is 3.11. The summed E-state index contributed by atoms with van der Waals surface area (Å²) in [7, 11) is 0. The maximum Gasteiger partial charge on any atom is 0.119 e. The Morgan fingerprint density at radius 1 is 1.29 bits per heavy atom. The first-order chi connectivity index (χ1) is 6.93. The summed E-state index contributed by atoms with van der Waals surface area (Å²) in [6.07, 6.45) is 7.71. The summed E-state index contributed by atoms with van der Waals surface area (Å²) < 4.78 is 5.53. The van der Waals surface area contributed by atoms with Gasteiger partial charge in [0.05, 0.1) is 6.61 Å². The predicted octanol–water partition coefficient (Wildman–Crippen LogP) is 3.61. The van der Waals surface area contributed by atoms with Crippen LogP contribution in [-0.4, -0.2) is 6.61 Å². The smallest absolute Gasteiger partial charge is 0.119 e. The third kappa shape index (κ3) is 4.70. The summed E-state index contributed by atoms with van der Waals surface area (Å²) in [5.74, 6) is 0.934. The molecule has 0 saturated heterocycles. The van der Waals surface area contributed by atoms with Crippen LogP contribution in [0.3, 0.4) is 0 Å². The average Bonchev–Trinajstić information content (AvgIpc) is 2.25. The van der Waals surface area contributed by atoms with Gasteiger partial charge < -0.3 is 4.74 Å². The van der Waals surface area contributed by atoms with Crippen LogP contribution in [0.1, 0.15) is 26.2 Å². The number of allylic oxidation sites excluding steroid dienone is 2. The lowest BCUT2D eigenvalue weighted by atomic mass is 10.3. The zero-order valence-electron chi connectivity index (χ0n) is 8.70. The Labute approximate surface area is 86.4 Å². The van der Waals surface area contributed by atoms with Crippen molar-refractivity contribution in [2.24, 2.45) is 0 Å². The Hall–Kier alpha value is -1.24. The van der Waals surface area contributed by atoms with Crippen molar-refractivity contribution < 1.29 is 4.74 Å². The minimum absolute atomic E-state index is 0.790. The van der Waals surface area contributed by atoms with Crippen molar-refractivity contribution in [3.8, 4) is 5.75 Å². The highest BCUT2D eigenvalue weighted by Crippen LogP contribution is 2.08. The van der Waals surface area contributed by atoms with Crippen molar-refractivity contribution in [2.75, 3.05) is 6.61 Å². The zero-order chi connectivity index (χ0) is 10.1. The second-order valence-electron chi connectivity index (χ2n) is 3.11. The minimum atomic E-state index is 0.790. The highest BCUT2D eigenvalue weighted by molar-refractivity contribution is 5.20. The highest BCUT2D eigenvalue weighted by atomic mass is 16.5. The van der Waals surface area contributed by atoms with Gasteiger partial charge in [0, 0.05) is 0 Å². The fourth-order valence-corrected chi connectivity index (χ4v) is 1.14. The zero-order valence-corrected chi connectivity index (χ0v) is 8.70. The molecule has 0 amide bonds. The lowest BCUT2D eigenvalue weighted by Gasteiger charge is -2.03. The first-order valence-electron chi connectivity index (χ1n) is 5.17. The van der Waals surface area contributed by atoms with E-state index in [0.717, 1.165) is 31.6 Å². The van der Waals surface area contributed by atoms with Crippen molar-refractivity contribution >= 4 is 0 Å². The molecule has 1 heteroatoms. The van der Waals surface area contributed by atoms with Crippen molar-refractivity contribution in [3.05, 3.63) is 42.5 Å². The van der Waals surface area contributed by atoms with Crippen molar-refractivity contribution in [1.29, 1.82) is 0 Å². The van der Waals surface area contributed by atoms with Gasteiger partial charge in [0.25, 0.3) is 0 Å².